The molecule has 5 nitrogen and oxygen atoms in total. The van der Waals surface area contributed by atoms with Gasteiger partial charge in [-0.1, -0.05) is 44.0 Å². The van der Waals surface area contributed by atoms with E-state index in [-0.39, 0.29) is 17.0 Å². The minimum Gasteiger partial charge on any atom is -0.497 e. The Hall–Kier alpha value is -1.57. The molecule has 1 N–H and O–H groups in total. The summed E-state index contributed by atoms with van der Waals surface area (Å²) in [6.45, 7) is 8.43. The third kappa shape index (κ3) is 6.27. The largest absolute Gasteiger partial charge is 0.497 e. The van der Waals surface area contributed by atoms with Crippen molar-refractivity contribution in [3.05, 3.63) is 57.3 Å². The first-order chi connectivity index (χ1) is 15.1. The predicted octanol–water partition coefficient (Wildman–Crippen LogP) is 5.25. The van der Waals surface area contributed by atoms with Gasteiger partial charge >= 0.3 is 0 Å². The van der Waals surface area contributed by atoms with Gasteiger partial charge in [0.15, 0.2) is 0 Å². The Balaban J connectivity index is 1.61. The van der Waals surface area contributed by atoms with Gasteiger partial charge in [-0.05, 0) is 35.7 Å². The average Bonchev–Trinajstić information content (AvgIpc) is 2.74. The van der Waals surface area contributed by atoms with Crippen molar-refractivity contribution in [3.63, 3.8) is 0 Å². The Morgan fingerprint density at radius 3 is 2.66 bits per heavy atom. The van der Waals surface area contributed by atoms with Crippen LogP contribution in [0.4, 0.5) is 4.39 Å². The van der Waals surface area contributed by atoms with Gasteiger partial charge in [-0.3, -0.25) is 4.90 Å². The third-order valence-corrected chi connectivity index (χ3v) is 6.05. The Morgan fingerprint density at radius 2 is 1.97 bits per heavy atom. The van der Waals surface area contributed by atoms with E-state index in [1.165, 1.54) is 12.1 Å². The molecule has 1 saturated heterocycles. The smallest absolute Gasteiger partial charge is 0.142 e. The zero-order valence-corrected chi connectivity index (χ0v) is 20.3. The molecule has 8 heteroatoms. The number of morpholine rings is 1. The number of ether oxygens (including phenoxy) is 3. The maximum atomic E-state index is 13.9. The molecule has 32 heavy (non-hydrogen) atoms. The second kappa shape index (κ2) is 10.6. The highest BCUT2D eigenvalue weighted by atomic mass is 35.5. The van der Waals surface area contributed by atoms with Crippen molar-refractivity contribution in [2.75, 3.05) is 40.0 Å². The van der Waals surface area contributed by atoms with Crippen molar-refractivity contribution in [2.24, 2.45) is 0 Å². The quantitative estimate of drug-likeness (QED) is 0.542. The van der Waals surface area contributed by atoms with Crippen molar-refractivity contribution in [1.29, 1.82) is 0 Å². The van der Waals surface area contributed by atoms with Crippen LogP contribution in [0.25, 0.3) is 0 Å². The van der Waals surface area contributed by atoms with Gasteiger partial charge in [0.25, 0.3) is 0 Å². The molecule has 176 valence electrons. The van der Waals surface area contributed by atoms with E-state index < -0.39 is 18.0 Å². The highest BCUT2D eigenvalue weighted by Gasteiger charge is 2.27. The van der Waals surface area contributed by atoms with Gasteiger partial charge in [0.05, 0.1) is 24.8 Å². The number of hydrogen-bond acceptors (Lipinski definition) is 5. The monoisotopic (exact) mass is 485 g/mol. The molecule has 1 fully saturated rings. The number of aliphatic hydroxyl groups excluding tert-OH is 1. The fraction of sp³-hybridized carbons (Fsp3) is 0.500. The molecule has 1 aliphatic heterocycles. The summed E-state index contributed by atoms with van der Waals surface area (Å²) in [5, 5.41) is 11.0. The Morgan fingerprint density at radius 1 is 1.22 bits per heavy atom. The van der Waals surface area contributed by atoms with E-state index in [2.05, 4.69) is 25.7 Å². The minimum atomic E-state index is -0.707. The van der Waals surface area contributed by atoms with Gasteiger partial charge in [0.2, 0.25) is 0 Å². The fourth-order valence-corrected chi connectivity index (χ4v) is 4.23. The number of nitrogens with zero attached hydrogens (tertiary/aromatic N) is 1. The van der Waals surface area contributed by atoms with E-state index in [9.17, 15) is 9.50 Å². The van der Waals surface area contributed by atoms with Gasteiger partial charge in [-0.2, -0.15) is 0 Å². The molecule has 3 rings (SSSR count). The zero-order valence-electron chi connectivity index (χ0n) is 18.8. The molecular formula is C24H30Cl2FNO4. The van der Waals surface area contributed by atoms with Gasteiger partial charge in [0.1, 0.15) is 30.0 Å². The summed E-state index contributed by atoms with van der Waals surface area (Å²) in [6.07, 6.45) is -1.11. The van der Waals surface area contributed by atoms with Gasteiger partial charge in [0, 0.05) is 35.8 Å². The molecule has 2 aromatic rings. The van der Waals surface area contributed by atoms with Crippen LogP contribution in [-0.4, -0.2) is 56.1 Å². The summed E-state index contributed by atoms with van der Waals surface area (Å²) in [4.78, 5) is 2.06. The number of halogens is 3. The second-order valence-electron chi connectivity index (χ2n) is 8.98. The first-order valence-corrected chi connectivity index (χ1v) is 11.3. The molecule has 0 aromatic heterocycles. The molecule has 1 aliphatic rings. The lowest BCUT2D eigenvalue weighted by Gasteiger charge is -2.34. The number of methoxy groups -OCH3 is 1. The maximum absolute atomic E-state index is 13.9. The Kier molecular flexibility index (Phi) is 8.28. The first kappa shape index (κ1) is 25.1. The van der Waals surface area contributed by atoms with Gasteiger partial charge in [-0.15, -0.1) is 0 Å². The van der Waals surface area contributed by atoms with E-state index in [0.717, 1.165) is 17.1 Å². The normalized spacial score (nSPS) is 18.4. The van der Waals surface area contributed by atoms with Gasteiger partial charge < -0.3 is 19.3 Å². The maximum Gasteiger partial charge on any atom is 0.142 e. The zero-order chi connectivity index (χ0) is 23.5. The van der Waals surface area contributed by atoms with E-state index in [4.69, 9.17) is 37.4 Å². The van der Waals surface area contributed by atoms with Crippen LogP contribution in [0, 0.1) is 5.82 Å². The second-order valence-corrected chi connectivity index (χ2v) is 9.80. The van der Waals surface area contributed by atoms with Crippen LogP contribution in [-0.2, 0) is 10.2 Å². The summed E-state index contributed by atoms with van der Waals surface area (Å²) < 4.78 is 31.0. The summed E-state index contributed by atoms with van der Waals surface area (Å²) in [7, 11) is 1.63. The van der Waals surface area contributed by atoms with E-state index in [0.29, 0.717) is 36.8 Å². The molecule has 0 aliphatic carbocycles. The van der Waals surface area contributed by atoms with E-state index in [1.807, 2.05) is 18.2 Å². The van der Waals surface area contributed by atoms with Crippen LogP contribution < -0.4 is 9.47 Å². The van der Waals surface area contributed by atoms with Crippen LogP contribution in [0.15, 0.2) is 30.3 Å². The van der Waals surface area contributed by atoms with Crippen molar-refractivity contribution in [1.82, 2.24) is 4.90 Å². The average molecular weight is 486 g/mol. The molecule has 1 heterocycles. The van der Waals surface area contributed by atoms with E-state index >= 15 is 0 Å². The molecule has 0 amide bonds. The van der Waals surface area contributed by atoms with Crippen molar-refractivity contribution in [2.45, 2.75) is 38.4 Å². The molecular weight excluding hydrogens is 456 g/mol. The van der Waals surface area contributed by atoms with Crippen molar-refractivity contribution in [3.8, 4) is 11.5 Å². The topological polar surface area (TPSA) is 51.2 Å². The highest BCUT2D eigenvalue weighted by Crippen LogP contribution is 2.35. The Labute approximate surface area is 199 Å². The SMILES string of the molecule is COc1ccc(OCC(O)CN2CCOC(c3cc(F)c(Cl)cc3Cl)C2)c(C(C)(C)C)c1. The molecule has 0 spiro atoms. The number of benzene rings is 2. The van der Waals surface area contributed by atoms with Crippen molar-refractivity contribution >= 4 is 23.2 Å². The standard InChI is InChI=1S/C24H30Cl2FNO4/c1-24(2,3)18-9-16(30-4)5-6-22(18)32-14-15(29)12-28-7-8-31-23(13-28)17-10-21(27)20(26)11-19(17)25/h5-6,9-11,15,23,29H,7-8,12-14H2,1-4H3. The highest BCUT2D eigenvalue weighted by molar-refractivity contribution is 6.35. The molecule has 0 radical (unpaired) electrons. The van der Waals surface area contributed by atoms with Crippen LogP contribution in [0.3, 0.4) is 0 Å². The summed E-state index contributed by atoms with van der Waals surface area (Å²) in [6, 6.07) is 8.38. The van der Waals surface area contributed by atoms with Crippen molar-refractivity contribution < 1.29 is 23.7 Å². The van der Waals surface area contributed by atoms with Crippen LogP contribution in [0.5, 0.6) is 11.5 Å². The molecule has 2 unspecified atom stereocenters. The predicted molar refractivity (Wildman–Crippen MR) is 125 cm³/mol. The number of rotatable bonds is 7. The summed E-state index contributed by atoms with van der Waals surface area (Å²) >= 11 is 12.1. The molecule has 2 atom stereocenters. The van der Waals surface area contributed by atoms with E-state index in [1.54, 1.807) is 7.11 Å². The lowest BCUT2D eigenvalue weighted by Crippen LogP contribution is -2.43. The first-order valence-electron chi connectivity index (χ1n) is 10.6. The number of hydrogen-bond donors (Lipinski definition) is 1. The molecule has 0 bridgehead atoms. The molecule has 0 saturated carbocycles. The molecule has 2 aromatic carbocycles. The summed E-state index contributed by atoms with van der Waals surface area (Å²) in [5.41, 5.74) is 1.42. The minimum absolute atomic E-state index is 0.0212. The van der Waals surface area contributed by atoms with Gasteiger partial charge in [-0.25, -0.2) is 4.39 Å². The van der Waals surface area contributed by atoms with Crippen LogP contribution in [0.1, 0.15) is 38.0 Å². The van der Waals surface area contributed by atoms with Crippen LogP contribution in [0.2, 0.25) is 10.0 Å². The number of β-amino-alcohol motifs (C(OH)–C–C–N with tert-alkyl or cyclic N) is 1. The fourth-order valence-electron chi connectivity index (χ4n) is 3.73. The summed E-state index contributed by atoms with van der Waals surface area (Å²) in [5.74, 6) is 0.953. The lowest BCUT2D eigenvalue weighted by atomic mass is 9.86. The Bertz CT molecular complexity index is 935. The third-order valence-electron chi connectivity index (χ3n) is 5.43. The lowest BCUT2D eigenvalue weighted by molar-refractivity contribution is -0.0460. The van der Waals surface area contributed by atoms with Crippen LogP contribution >= 0.6 is 23.2 Å². The number of aliphatic hydroxyl groups is 1.